The summed E-state index contributed by atoms with van der Waals surface area (Å²) in [5, 5.41) is 0. The van der Waals surface area contributed by atoms with Crippen LogP contribution in [0.2, 0.25) is 0 Å². The maximum atomic E-state index is 5.23. The van der Waals surface area contributed by atoms with E-state index < -0.39 is 0 Å². The van der Waals surface area contributed by atoms with Gasteiger partial charge in [-0.25, -0.2) is 0 Å². The normalized spacial score (nSPS) is 9.64. The number of hydrogen-bond acceptors (Lipinski definition) is 1. The minimum absolute atomic E-state index is 0.757. The highest BCUT2D eigenvalue weighted by molar-refractivity contribution is 4.81. The third-order valence-electron chi connectivity index (χ3n) is 1.66. The Morgan fingerprint density at radius 3 is 2.45 bits per heavy atom. The number of unbranched alkanes of at least 4 members (excludes halogenated alkanes) is 3. The van der Waals surface area contributed by atoms with Gasteiger partial charge in [-0.3, -0.25) is 0 Å². The van der Waals surface area contributed by atoms with E-state index in [1.165, 1.54) is 25.7 Å². The lowest BCUT2D eigenvalue weighted by molar-refractivity contribution is 0.218. The molecule has 0 rings (SSSR count). The van der Waals surface area contributed by atoms with Crippen molar-refractivity contribution in [2.45, 2.75) is 46.0 Å². The second kappa shape index (κ2) is 7.64. The molecule has 0 aromatic heterocycles. The highest BCUT2D eigenvalue weighted by Gasteiger charge is 1.92. The topological polar surface area (TPSA) is 9.23 Å². The molecule has 0 atom stereocenters. The van der Waals surface area contributed by atoms with Crippen LogP contribution in [-0.4, -0.2) is 6.61 Å². The van der Waals surface area contributed by atoms with Crippen LogP contribution < -0.4 is 0 Å². The largest absolute Gasteiger partial charge is 0.499 e. The fourth-order valence-electron chi connectivity index (χ4n) is 1.03. The lowest BCUT2D eigenvalue weighted by Gasteiger charge is -2.05. The summed E-state index contributed by atoms with van der Waals surface area (Å²) in [5.74, 6) is 0.948. The van der Waals surface area contributed by atoms with Crippen LogP contribution >= 0.6 is 0 Å². The molecule has 0 saturated heterocycles. The molecule has 0 heterocycles. The summed E-state index contributed by atoms with van der Waals surface area (Å²) in [6.07, 6.45) is 6.20. The van der Waals surface area contributed by atoms with Gasteiger partial charge >= 0.3 is 0 Å². The second-order valence-corrected chi connectivity index (χ2v) is 2.78. The van der Waals surface area contributed by atoms with Crippen molar-refractivity contribution in [3.63, 3.8) is 0 Å². The van der Waals surface area contributed by atoms with Gasteiger partial charge in [0.05, 0.1) is 12.4 Å². The minimum Gasteiger partial charge on any atom is -0.499 e. The maximum Gasteiger partial charge on any atom is 0.0888 e. The maximum absolute atomic E-state index is 5.23. The fourth-order valence-corrected chi connectivity index (χ4v) is 1.03. The van der Waals surface area contributed by atoms with Crippen LogP contribution in [0.15, 0.2) is 12.3 Å². The monoisotopic (exact) mass is 156 g/mol. The van der Waals surface area contributed by atoms with Crippen LogP contribution in [0.25, 0.3) is 0 Å². The summed E-state index contributed by atoms with van der Waals surface area (Å²) in [5.41, 5.74) is 0. The van der Waals surface area contributed by atoms with E-state index in [-0.39, 0.29) is 0 Å². The molecule has 0 aliphatic carbocycles. The molecular weight excluding hydrogens is 136 g/mol. The molecule has 66 valence electrons. The van der Waals surface area contributed by atoms with Gasteiger partial charge in [-0.1, -0.05) is 32.8 Å². The zero-order valence-electron chi connectivity index (χ0n) is 7.86. The van der Waals surface area contributed by atoms with Gasteiger partial charge in [-0.05, 0) is 13.3 Å². The zero-order chi connectivity index (χ0) is 8.53. The molecule has 0 fully saturated rings. The quantitative estimate of drug-likeness (QED) is 0.405. The average molecular weight is 156 g/mol. The van der Waals surface area contributed by atoms with E-state index in [2.05, 4.69) is 13.5 Å². The van der Waals surface area contributed by atoms with Gasteiger partial charge < -0.3 is 4.74 Å². The molecule has 0 N–H and O–H groups in total. The minimum atomic E-state index is 0.757. The fraction of sp³-hybridized carbons (Fsp3) is 0.800. The van der Waals surface area contributed by atoms with Gasteiger partial charge in [0.15, 0.2) is 0 Å². The van der Waals surface area contributed by atoms with E-state index in [1.54, 1.807) is 0 Å². The lowest BCUT2D eigenvalue weighted by atomic mass is 10.1. The summed E-state index contributed by atoms with van der Waals surface area (Å²) >= 11 is 0. The predicted molar refractivity (Wildman–Crippen MR) is 49.5 cm³/mol. The molecule has 0 saturated carbocycles. The van der Waals surface area contributed by atoms with E-state index in [0.717, 1.165) is 18.8 Å². The van der Waals surface area contributed by atoms with Gasteiger partial charge in [0.25, 0.3) is 0 Å². The lowest BCUT2D eigenvalue weighted by Crippen LogP contribution is -1.89. The first-order valence-corrected chi connectivity index (χ1v) is 4.61. The summed E-state index contributed by atoms with van der Waals surface area (Å²) < 4.78 is 5.23. The Morgan fingerprint density at radius 1 is 1.18 bits per heavy atom. The van der Waals surface area contributed by atoms with Gasteiger partial charge in [-0.2, -0.15) is 0 Å². The van der Waals surface area contributed by atoms with Crippen molar-refractivity contribution in [3.05, 3.63) is 12.3 Å². The third-order valence-corrected chi connectivity index (χ3v) is 1.66. The Kier molecular flexibility index (Phi) is 7.33. The summed E-state index contributed by atoms with van der Waals surface area (Å²) in [4.78, 5) is 0. The van der Waals surface area contributed by atoms with Crippen molar-refractivity contribution in [2.75, 3.05) is 6.61 Å². The number of rotatable bonds is 7. The molecule has 0 aliphatic rings. The van der Waals surface area contributed by atoms with Crippen LogP contribution in [0.5, 0.6) is 0 Å². The molecule has 11 heavy (non-hydrogen) atoms. The highest BCUT2D eigenvalue weighted by atomic mass is 16.5. The van der Waals surface area contributed by atoms with Gasteiger partial charge in [0.2, 0.25) is 0 Å². The Balaban J connectivity index is 3.04. The molecule has 0 aromatic carbocycles. The van der Waals surface area contributed by atoms with Gasteiger partial charge in [0, 0.05) is 6.42 Å². The van der Waals surface area contributed by atoms with Gasteiger partial charge in [-0.15, -0.1) is 0 Å². The van der Waals surface area contributed by atoms with Crippen LogP contribution in [0, 0.1) is 0 Å². The van der Waals surface area contributed by atoms with Crippen LogP contribution in [0.4, 0.5) is 0 Å². The predicted octanol–water partition coefficient (Wildman–Crippen LogP) is 3.51. The van der Waals surface area contributed by atoms with Crippen molar-refractivity contribution in [1.82, 2.24) is 0 Å². The first-order chi connectivity index (χ1) is 5.31. The third kappa shape index (κ3) is 7.44. The molecule has 0 amide bonds. The molecule has 0 radical (unpaired) electrons. The first-order valence-electron chi connectivity index (χ1n) is 4.61. The Hall–Kier alpha value is -0.460. The van der Waals surface area contributed by atoms with E-state index in [1.807, 2.05) is 6.92 Å². The standard InChI is InChI=1S/C10H20O/c1-4-6-7-8-9-10(3)11-5-2/h3-9H2,1-2H3. The molecule has 0 aliphatic heterocycles. The van der Waals surface area contributed by atoms with E-state index >= 15 is 0 Å². The SMILES string of the molecule is C=C(CCCCCC)OCC. The smallest absolute Gasteiger partial charge is 0.0888 e. The van der Waals surface area contributed by atoms with Crippen molar-refractivity contribution >= 4 is 0 Å². The van der Waals surface area contributed by atoms with E-state index in [9.17, 15) is 0 Å². The van der Waals surface area contributed by atoms with E-state index in [4.69, 9.17) is 4.74 Å². The summed E-state index contributed by atoms with van der Waals surface area (Å²) in [6, 6.07) is 0. The molecule has 0 bridgehead atoms. The Bertz CT molecular complexity index is 97.0. The van der Waals surface area contributed by atoms with Crippen molar-refractivity contribution in [1.29, 1.82) is 0 Å². The van der Waals surface area contributed by atoms with Crippen molar-refractivity contribution < 1.29 is 4.74 Å². The first kappa shape index (κ1) is 10.5. The van der Waals surface area contributed by atoms with Crippen molar-refractivity contribution in [3.8, 4) is 0 Å². The summed E-state index contributed by atoms with van der Waals surface area (Å²) in [6.45, 7) is 8.79. The summed E-state index contributed by atoms with van der Waals surface area (Å²) in [7, 11) is 0. The van der Waals surface area contributed by atoms with Crippen LogP contribution in [0.1, 0.15) is 46.0 Å². The molecule has 0 aromatic rings. The number of ether oxygens (including phenoxy) is 1. The Labute approximate surface area is 70.4 Å². The number of hydrogen-bond donors (Lipinski definition) is 0. The molecule has 0 unspecified atom stereocenters. The average Bonchev–Trinajstić information content (AvgIpc) is 1.99. The number of allylic oxidation sites excluding steroid dienone is 1. The van der Waals surface area contributed by atoms with E-state index in [0.29, 0.717) is 0 Å². The second-order valence-electron chi connectivity index (χ2n) is 2.78. The van der Waals surface area contributed by atoms with Crippen molar-refractivity contribution in [2.24, 2.45) is 0 Å². The zero-order valence-corrected chi connectivity index (χ0v) is 7.86. The highest BCUT2D eigenvalue weighted by Crippen LogP contribution is 2.08. The Morgan fingerprint density at radius 2 is 1.91 bits per heavy atom. The van der Waals surface area contributed by atoms with Gasteiger partial charge in [0.1, 0.15) is 0 Å². The van der Waals surface area contributed by atoms with Crippen LogP contribution in [0.3, 0.4) is 0 Å². The molecular formula is C10H20O. The molecule has 1 nitrogen and oxygen atoms in total. The van der Waals surface area contributed by atoms with Crippen LogP contribution in [-0.2, 0) is 4.74 Å². The molecule has 0 spiro atoms. The molecule has 1 heteroatoms.